The predicted molar refractivity (Wildman–Crippen MR) is 149 cm³/mol. The molecule has 0 saturated carbocycles. The van der Waals surface area contributed by atoms with E-state index in [0.717, 1.165) is 55.6 Å². The second kappa shape index (κ2) is 12.0. The number of amides is 1. The number of nitrogens with one attached hydrogen (secondary N) is 1. The molecule has 1 N–H and O–H groups in total. The lowest BCUT2D eigenvalue weighted by atomic mass is 10.0. The predicted octanol–water partition coefficient (Wildman–Crippen LogP) is 5.84. The maximum Gasteiger partial charge on any atom is 0.286 e. The lowest BCUT2D eigenvalue weighted by Gasteiger charge is -2.27. The van der Waals surface area contributed by atoms with Crippen molar-refractivity contribution in [1.82, 2.24) is 35.4 Å². The lowest BCUT2D eigenvalue weighted by molar-refractivity contribution is 0.0743. The maximum atomic E-state index is 13.6. The average Bonchev–Trinajstić information content (AvgIpc) is 3.37. The van der Waals surface area contributed by atoms with Crippen LogP contribution in [-0.2, 0) is 13.0 Å². The van der Waals surface area contributed by atoms with Crippen molar-refractivity contribution in [2.24, 2.45) is 0 Å². The SMILES string of the molecule is CCCc1cn(Cc2nc(-c3ccc(Cl)cc3)c(-c3ccc(Cl)cc3)nc2C(=O)NN2CCCCC2)nn1. The van der Waals surface area contributed by atoms with Crippen molar-refractivity contribution in [2.75, 3.05) is 13.1 Å². The minimum atomic E-state index is -0.291. The highest BCUT2D eigenvalue weighted by molar-refractivity contribution is 6.31. The van der Waals surface area contributed by atoms with Gasteiger partial charge in [0.1, 0.15) is 0 Å². The standard InChI is InChI=1S/C28H29Cl2N7O/c1-2-6-23-17-37(35-33-23)18-24-27(28(38)34-36-15-4-3-5-16-36)32-26(20-9-13-22(30)14-10-20)25(31-24)19-7-11-21(29)12-8-19/h7-14,17H,2-6,15-16,18H2,1H3,(H,34,38). The molecule has 1 saturated heterocycles. The number of hydrogen-bond donors (Lipinski definition) is 1. The Kier molecular flexibility index (Phi) is 8.32. The number of aryl methyl sites for hydroxylation is 1. The number of carbonyl (C=O) groups excluding carboxylic acids is 1. The molecule has 5 rings (SSSR count). The number of piperidine rings is 1. The summed E-state index contributed by atoms with van der Waals surface area (Å²) in [6, 6.07) is 14.8. The van der Waals surface area contributed by atoms with Crippen LogP contribution in [0.15, 0.2) is 54.7 Å². The van der Waals surface area contributed by atoms with Crippen LogP contribution in [0.2, 0.25) is 10.0 Å². The van der Waals surface area contributed by atoms with E-state index in [0.29, 0.717) is 27.1 Å². The zero-order valence-corrected chi connectivity index (χ0v) is 22.7. The van der Waals surface area contributed by atoms with Crippen molar-refractivity contribution in [3.8, 4) is 22.5 Å². The Bertz CT molecular complexity index is 1400. The summed E-state index contributed by atoms with van der Waals surface area (Å²) in [5.74, 6) is -0.291. The monoisotopic (exact) mass is 549 g/mol. The molecule has 1 amide bonds. The Balaban J connectivity index is 1.62. The molecule has 3 heterocycles. The summed E-state index contributed by atoms with van der Waals surface area (Å²) in [4.78, 5) is 23.6. The van der Waals surface area contributed by atoms with E-state index in [-0.39, 0.29) is 18.1 Å². The van der Waals surface area contributed by atoms with Gasteiger partial charge in [-0.1, -0.05) is 72.4 Å². The average molecular weight is 550 g/mol. The van der Waals surface area contributed by atoms with Crippen LogP contribution < -0.4 is 5.43 Å². The summed E-state index contributed by atoms with van der Waals surface area (Å²) in [5, 5.41) is 11.7. The van der Waals surface area contributed by atoms with Gasteiger partial charge in [0, 0.05) is 40.5 Å². The molecule has 0 unspecified atom stereocenters. The third-order valence-electron chi connectivity index (χ3n) is 6.44. The normalized spacial score (nSPS) is 14.0. The Labute approximate surface area is 232 Å². The van der Waals surface area contributed by atoms with E-state index in [1.807, 2.05) is 47.6 Å². The zero-order valence-electron chi connectivity index (χ0n) is 21.2. The van der Waals surface area contributed by atoms with E-state index in [9.17, 15) is 4.79 Å². The number of hydrogen-bond acceptors (Lipinski definition) is 6. The molecular formula is C28H29Cl2N7O. The van der Waals surface area contributed by atoms with Gasteiger partial charge >= 0.3 is 0 Å². The first-order valence-corrected chi connectivity index (χ1v) is 13.6. The van der Waals surface area contributed by atoms with Crippen molar-refractivity contribution < 1.29 is 4.79 Å². The highest BCUT2D eigenvalue weighted by Gasteiger charge is 2.24. The molecule has 1 aliphatic rings. The fraction of sp³-hybridized carbons (Fsp3) is 0.321. The van der Waals surface area contributed by atoms with E-state index < -0.39 is 0 Å². The van der Waals surface area contributed by atoms with Gasteiger partial charge in [-0.25, -0.2) is 19.7 Å². The zero-order chi connectivity index (χ0) is 26.5. The molecule has 10 heteroatoms. The van der Waals surface area contributed by atoms with Gasteiger partial charge in [0.05, 0.1) is 29.3 Å². The van der Waals surface area contributed by atoms with Crippen molar-refractivity contribution in [3.05, 3.63) is 81.9 Å². The van der Waals surface area contributed by atoms with E-state index >= 15 is 0 Å². The molecule has 1 fully saturated rings. The Hall–Kier alpha value is -3.33. The number of aromatic nitrogens is 5. The van der Waals surface area contributed by atoms with Gasteiger partial charge in [-0.2, -0.15) is 0 Å². The van der Waals surface area contributed by atoms with Crippen LogP contribution in [0.3, 0.4) is 0 Å². The highest BCUT2D eigenvalue weighted by Crippen LogP contribution is 2.32. The van der Waals surface area contributed by atoms with Crippen LogP contribution >= 0.6 is 23.2 Å². The second-order valence-corrected chi connectivity index (χ2v) is 10.2. The number of benzene rings is 2. The highest BCUT2D eigenvalue weighted by atomic mass is 35.5. The van der Waals surface area contributed by atoms with Crippen LogP contribution in [0, 0.1) is 0 Å². The van der Waals surface area contributed by atoms with Crippen molar-refractivity contribution in [2.45, 2.75) is 45.6 Å². The molecule has 0 bridgehead atoms. The van der Waals surface area contributed by atoms with Gasteiger partial charge in [-0.3, -0.25) is 10.2 Å². The molecule has 38 heavy (non-hydrogen) atoms. The first-order chi connectivity index (χ1) is 18.5. The number of nitrogens with zero attached hydrogens (tertiary/aromatic N) is 6. The van der Waals surface area contributed by atoms with E-state index in [1.54, 1.807) is 16.8 Å². The smallest absolute Gasteiger partial charge is 0.283 e. The van der Waals surface area contributed by atoms with Crippen molar-refractivity contribution in [1.29, 1.82) is 0 Å². The van der Waals surface area contributed by atoms with Crippen LogP contribution in [0.4, 0.5) is 0 Å². The summed E-state index contributed by atoms with van der Waals surface area (Å²) in [6.07, 6.45) is 6.96. The minimum Gasteiger partial charge on any atom is -0.283 e. The Morgan fingerprint density at radius 1 is 0.895 bits per heavy atom. The molecule has 2 aromatic heterocycles. The number of halogens is 2. The number of rotatable bonds is 8. The van der Waals surface area contributed by atoms with Crippen molar-refractivity contribution >= 4 is 29.1 Å². The van der Waals surface area contributed by atoms with Crippen LogP contribution in [0.5, 0.6) is 0 Å². The fourth-order valence-corrected chi connectivity index (χ4v) is 4.77. The topological polar surface area (TPSA) is 88.8 Å². The molecule has 0 spiro atoms. The van der Waals surface area contributed by atoms with E-state index in [1.165, 1.54) is 6.42 Å². The van der Waals surface area contributed by atoms with E-state index in [2.05, 4.69) is 22.7 Å². The van der Waals surface area contributed by atoms with Crippen LogP contribution in [-0.4, -0.2) is 49.0 Å². The third-order valence-corrected chi connectivity index (χ3v) is 6.94. The van der Waals surface area contributed by atoms with Gasteiger partial charge < -0.3 is 0 Å². The number of carbonyl (C=O) groups is 1. The van der Waals surface area contributed by atoms with Gasteiger partial charge in [-0.05, 0) is 43.5 Å². The molecular weight excluding hydrogens is 521 g/mol. The van der Waals surface area contributed by atoms with Gasteiger partial charge in [0.15, 0.2) is 5.69 Å². The summed E-state index contributed by atoms with van der Waals surface area (Å²) in [5.41, 5.74) is 7.58. The van der Waals surface area contributed by atoms with Crippen molar-refractivity contribution in [3.63, 3.8) is 0 Å². The molecule has 1 aliphatic heterocycles. The Morgan fingerprint density at radius 3 is 2.11 bits per heavy atom. The minimum absolute atomic E-state index is 0.255. The molecule has 0 aliphatic carbocycles. The van der Waals surface area contributed by atoms with Crippen LogP contribution in [0.1, 0.15) is 54.5 Å². The summed E-state index contributed by atoms with van der Waals surface area (Å²) >= 11 is 12.3. The first kappa shape index (κ1) is 26.3. The second-order valence-electron chi connectivity index (χ2n) is 9.38. The largest absolute Gasteiger partial charge is 0.286 e. The summed E-state index contributed by atoms with van der Waals surface area (Å²) < 4.78 is 1.71. The van der Waals surface area contributed by atoms with Crippen LogP contribution in [0.25, 0.3) is 22.5 Å². The third kappa shape index (κ3) is 6.20. The van der Waals surface area contributed by atoms with Gasteiger partial charge in [0.25, 0.3) is 5.91 Å². The maximum absolute atomic E-state index is 13.6. The first-order valence-electron chi connectivity index (χ1n) is 12.9. The van der Waals surface area contributed by atoms with Gasteiger partial charge in [-0.15, -0.1) is 5.10 Å². The lowest BCUT2D eigenvalue weighted by Crippen LogP contribution is -2.45. The van der Waals surface area contributed by atoms with E-state index in [4.69, 9.17) is 33.2 Å². The molecule has 8 nitrogen and oxygen atoms in total. The summed E-state index contributed by atoms with van der Waals surface area (Å²) in [7, 11) is 0. The molecule has 196 valence electrons. The molecule has 0 radical (unpaired) electrons. The quantitative estimate of drug-likeness (QED) is 0.297. The molecule has 4 aromatic rings. The molecule has 2 aromatic carbocycles. The number of hydrazine groups is 1. The summed E-state index contributed by atoms with van der Waals surface area (Å²) in [6.45, 7) is 3.98. The molecule has 0 atom stereocenters. The fourth-order valence-electron chi connectivity index (χ4n) is 4.52. The Morgan fingerprint density at radius 2 is 1.50 bits per heavy atom. The van der Waals surface area contributed by atoms with Gasteiger partial charge in [0.2, 0.25) is 0 Å².